The molecule has 4 N–H and O–H groups in total. The number of hydrogen-bond acceptors (Lipinski definition) is 5. The predicted octanol–water partition coefficient (Wildman–Crippen LogP) is 1.62. The maximum absolute atomic E-state index is 9.94. The number of carbonyl (C=O) groups is 2. The van der Waals surface area contributed by atoms with Crippen LogP contribution in [-0.2, 0) is 9.59 Å². The minimum Gasteiger partial charge on any atom is -0.394 e. The molecule has 0 saturated carbocycles. The molecule has 0 radical (unpaired) electrons. The molecule has 5 heteroatoms. The fourth-order valence-corrected chi connectivity index (χ4v) is 0.871. The van der Waals surface area contributed by atoms with Crippen molar-refractivity contribution in [3.05, 3.63) is 0 Å². The Morgan fingerprint density at radius 3 is 1.83 bits per heavy atom. The summed E-state index contributed by atoms with van der Waals surface area (Å²) in [5, 5.41) is 11.0. The minimum absolute atomic E-state index is 0. The highest BCUT2D eigenvalue weighted by Crippen LogP contribution is 2.00. The second-order valence-electron chi connectivity index (χ2n) is 2.82. The largest absolute Gasteiger partial charge is 0.394 e. The van der Waals surface area contributed by atoms with Gasteiger partial charge in [-0.1, -0.05) is 37.1 Å². The van der Waals surface area contributed by atoms with Crippen LogP contribution in [0.5, 0.6) is 0 Å². The Hall–Kier alpha value is -0.780. The van der Waals surface area contributed by atoms with Crippen LogP contribution in [0, 0.1) is 0 Å². The van der Waals surface area contributed by atoms with Gasteiger partial charge in [-0.15, -0.1) is 0 Å². The van der Waals surface area contributed by atoms with Gasteiger partial charge in [0, 0.05) is 0 Å². The first-order chi connectivity index (χ1) is 6.24. The van der Waals surface area contributed by atoms with Crippen LogP contribution < -0.4 is 11.1 Å². The van der Waals surface area contributed by atoms with Crippen molar-refractivity contribution >= 4 is 12.6 Å². The Labute approximate surface area is 114 Å². The Morgan fingerprint density at radius 2 is 1.72 bits per heavy atom. The highest BCUT2D eigenvalue weighted by atomic mass is 16.3. The fraction of sp³-hybridized carbons (Fsp3) is 0.846. The predicted molar refractivity (Wildman–Crippen MR) is 81.9 cm³/mol. The summed E-state index contributed by atoms with van der Waals surface area (Å²) in [7, 11) is 0. The Morgan fingerprint density at radius 1 is 1.22 bits per heavy atom. The van der Waals surface area contributed by atoms with Gasteiger partial charge in [0.2, 0.25) is 0 Å². The van der Waals surface area contributed by atoms with Crippen molar-refractivity contribution in [1.82, 2.24) is 5.32 Å². The van der Waals surface area contributed by atoms with Crippen molar-refractivity contribution in [2.45, 2.75) is 62.1 Å². The highest BCUT2D eigenvalue weighted by molar-refractivity contribution is 5.57. The van der Waals surface area contributed by atoms with E-state index in [0.717, 1.165) is 25.7 Å². The molecule has 18 heavy (non-hydrogen) atoms. The smallest absolute Gasteiger partial charge is 0.139 e. The molecule has 1 fully saturated rings. The molecule has 1 aliphatic heterocycles. The summed E-state index contributed by atoms with van der Waals surface area (Å²) >= 11 is 0. The molecule has 0 aromatic heterocycles. The van der Waals surface area contributed by atoms with Crippen molar-refractivity contribution in [2.75, 3.05) is 13.2 Å². The highest BCUT2D eigenvalue weighted by Gasteiger charge is 2.10. The zero-order chi connectivity index (χ0) is 10.1. The van der Waals surface area contributed by atoms with Crippen LogP contribution in [0.2, 0.25) is 0 Å². The monoisotopic (exact) mass is 268 g/mol. The molecular formula is C13H36N2O3. The van der Waals surface area contributed by atoms with E-state index in [1.165, 1.54) is 0 Å². The lowest BCUT2D eigenvalue weighted by atomic mass is 10.2. The van der Waals surface area contributed by atoms with Gasteiger partial charge < -0.3 is 25.7 Å². The van der Waals surface area contributed by atoms with E-state index < -0.39 is 6.04 Å². The number of aliphatic hydroxyl groups is 1. The molecule has 1 heterocycles. The van der Waals surface area contributed by atoms with E-state index in [9.17, 15) is 9.59 Å². The summed E-state index contributed by atoms with van der Waals surface area (Å²) in [6, 6.07) is -0.523. The molecule has 116 valence electrons. The Balaban J connectivity index is -0.0000000316. The van der Waals surface area contributed by atoms with Gasteiger partial charge in [0.05, 0.1) is 18.7 Å². The fourth-order valence-electron chi connectivity index (χ4n) is 0.871. The molecule has 1 rings (SSSR count). The van der Waals surface area contributed by atoms with Gasteiger partial charge in [-0.2, -0.15) is 0 Å². The molecule has 5 nitrogen and oxygen atoms in total. The summed E-state index contributed by atoms with van der Waals surface area (Å²) in [6.07, 6.45) is 3.67. The molecule has 0 spiro atoms. The van der Waals surface area contributed by atoms with E-state index in [4.69, 9.17) is 10.8 Å². The first kappa shape index (κ1) is 36.0. The molecule has 2 atom stereocenters. The van der Waals surface area contributed by atoms with Crippen molar-refractivity contribution < 1.29 is 14.7 Å². The topological polar surface area (TPSA) is 92.4 Å². The maximum Gasteiger partial charge on any atom is 0.139 e. The van der Waals surface area contributed by atoms with Gasteiger partial charge >= 0.3 is 0 Å². The summed E-state index contributed by atoms with van der Waals surface area (Å²) in [5.41, 5.74) is 4.85. The standard InChI is InChI=1S/C5H9NO.C3H7NO2.5CH4/c7-4-5-2-1-3-6-5;4-3(1-5)2-6;;;;;/h4-6H,1-3H2;1,3,6H,2,4H2;5*1H4/t5-;3-;;;;;/m00...../s1. The van der Waals surface area contributed by atoms with Gasteiger partial charge in [0.15, 0.2) is 0 Å². The first-order valence-electron chi connectivity index (χ1n) is 4.25. The van der Waals surface area contributed by atoms with Crippen LogP contribution >= 0.6 is 0 Å². The van der Waals surface area contributed by atoms with Crippen molar-refractivity contribution in [2.24, 2.45) is 5.73 Å². The lowest BCUT2D eigenvalue weighted by molar-refractivity contribution is -0.110. The lowest BCUT2D eigenvalue weighted by Gasteiger charge is -1.93. The normalized spacial score (nSPS) is 16.4. The first-order valence-corrected chi connectivity index (χ1v) is 4.25. The number of carbonyl (C=O) groups excluding carboxylic acids is 2. The molecular weight excluding hydrogens is 232 g/mol. The second kappa shape index (κ2) is 25.2. The van der Waals surface area contributed by atoms with E-state index in [2.05, 4.69) is 5.32 Å². The van der Waals surface area contributed by atoms with E-state index in [1.54, 1.807) is 0 Å². The second-order valence-corrected chi connectivity index (χ2v) is 2.82. The van der Waals surface area contributed by atoms with E-state index in [-0.39, 0.29) is 49.8 Å². The summed E-state index contributed by atoms with van der Waals surface area (Å²) in [4.78, 5) is 19.4. The molecule has 1 aliphatic rings. The Kier molecular flexibility index (Phi) is 50.3. The number of hydrogen-bond donors (Lipinski definition) is 3. The third-order valence-electron chi connectivity index (χ3n) is 1.65. The van der Waals surface area contributed by atoms with Crippen LogP contribution in [0.4, 0.5) is 0 Å². The number of aliphatic hydroxyl groups excluding tert-OH is 1. The number of rotatable bonds is 3. The molecule has 0 unspecified atom stereocenters. The average Bonchev–Trinajstić information content (AvgIpc) is 2.70. The quantitative estimate of drug-likeness (QED) is 0.676. The molecule has 0 amide bonds. The van der Waals surface area contributed by atoms with Crippen molar-refractivity contribution in [1.29, 1.82) is 0 Å². The van der Waals surface area contributed by atoms with E-state index in [1.807, 2.05) is 0 Å². The maximum atomic E-state index is 9.94. The molecule has 0 aliphatic carbocycles. The van der Waals surface area contributed by atoms with Crippen LogP contribution in [0.25, 0.3) is 0 Å². The van der Waals surface area contributed by atoms with Gasteiger partial charge in [-0.05, 0) is 19.4 Å². The number of aldehydes is 2. The van der Waals surface area contributed by atoms with Crippen LogP contribution in [0.15, 0.2) is 0 Å². The third-order valence-corrected chi connectivity index (χ3v) is 1.65. The van der Waals surface area contributed by atoms with Gasteiger partial charge in [-0.3, -0.25) is 0 Å². The summed E-state index contributed by atoms with van der Waals surface area (Å²) in [6.45, 7) is 0.757. The van der Waals surface area contributed by atoms with E-state index in [0.29, 0.717) is 6.29 Å². The van der Waals surface area contributed by atoms with Crippen LogP contribution in [0.3, 0.4) is 0 Å². The van der Waals surface area contributed by atoms with Crippen LogP contribution in [-0.4, -0.2) is 42.9 Å². The SMILES string of the molecule is C.C.C.C.C.N[C@@H](C=O)CO.O=C[C@@H]1CCCN1. The molecule has 0 bridgehead atoms. The third kappa shape index (κ3) is 20.6. The average molecular weight is 268 g/mol. The van der Waals surface area contributed by atoms with Gasteiger partial charge in [0.1, 0.15) is 12.6 Å². The minimum atomic E-state index is -0.690. The molecule has 0 aromatic rings. The van der Waals surface area contributed by atoms with E-state index >= 15 is 0 Å². The number of nitrogens with one attached hydrogen (secondary N) is 1. The van der Waals surface area contributed by atoms with Crippen molar-refractivity contribution in [3.63, 3.8) is 0 Å². The molecule has 1 saturated heterocycles. The number of nitrogens with two attached hydrogens (primary N) is 1. The lowest BCUT2D eigenvalue weighted by Crippen LogP contribution is -2.25. The summed E-state index contributed by atoms with van der Waals surface area (Å²) in [5.74, 6) is 0. The van der Waals surface area contributed by atoms with Crippen molar-refractivity contribution in [3.8, 4) is 0 Å². The zero-order valence-corrected chi connectivity index (χ0v) is 7.48. The van der Waals surface area contributed by atoms with Crippen LogP contribution in [0.1, 0.15) is 50.0 Å². The zero-order valence-electron chi connectivity index (χ0n) is 7.48. The van der Waals surface area contributed by atoms with Gasteiger partial charge in [0.25, 0.3) is 0 Å². The van der Waals surface area contributed by atoms with Gasteiger partial charge in [-0.25, -0.2) is 0 Å². The Bertz CT molecular complexity index is 149. The molecule has 0 aromatic carbocycles. The summed E-state index contributed by atoms with van der Waals surface area (Å²) < 4.78 is 0.